The molecule has 0 aliphatic carbocycles. The molecular formula is C35H29FN4O4. The molecule has 8 nitrogen and oxygen atoms in total. The van der Waals surface area contributed by atoms with Gasteiger partial charge in [0.05, 0.1) is 18.4 Å². The normalized spacial score (nSPS) is 17.5. The van der Waals surface area contributed by atoms with Gasteiger partial charge in [0.25, 0.3) is 11.8 Å². The largest absolute Gasteiger partial charge is 0.497 e. The van der Waals surface area contributed by atoms with Crippen molar-refractivity contribution in [1.29, 1.82) is 0 Å². The summed E-state index contributed by atoms with van der Waals surface area (Å²) in [7, 11) is 1.60. The zero-order valence-electron chi connectivity index (χ0n) is 23.9. The van der Waals surface area contributed by atoms with E-state index in [0.29, 0.717) is 25.1 Å². The first-order chi connectivity index (χ1) is 21.4. The molecule has 2 aliphatic heterocycles. The highest BCUT2D eigenvalue weighted by atomic mass is 19.1. The van der Waals surface area contributed by atoms with E-state index in [0.717, 1.165) is 38.2 Å². The molecule has 2 unspecified atom stereocenters. The average molecular weight is 589 g/mol. The number of imide groups is 1. The smallest absolute Gasteiger partial charge is 0.332 e. The van der Waals surface area contributed by atoms with Crippen LogP contribution in [0.4, 0.5) is 14.9 Å². The molecule has 4 aromatic carbocycles. The van der Waals surface area contributed by atoms with Crippen LogP contribution in [0.3, 0.4) is 0 Å². The number of hydrogen-bond acceptors (Lipinski definition) is 4. The summed E-state index contributed by atoms with van der Waals surface area (Å²) in [6, 6.07) is 26.4. The monoisotopic (exact) mass is 588 g/mol. The summed E-state index contributed by atoms with van der Waals surface area (Å²) in [6.07, 6.45) is 0.847. The Balaban J connectivity index is 1.23. The number of para-hydroxylation sites is 2. The molecule has 5 aromatic rings. The molecule has 44 heavy (non-hydrogen) atoms. The van der Waals surface area contributed by atoms with Crippen LogP contribution < -0.4 is 15.0 Å². The lowest BCUT2D eigenvalue weighted by molar-refractivity contribution is -0.120. The van der Waals surface area contributed by atoms with Gasteiger partial charge < -0.3 is 15.0 Å². The predicted octanol–water partition coefficient (Wildman–Crippen LogP) is 5.77. The summed E-state index contributed by atoms with van der Waals surface area (Å²) < 4.78 is 18.6. The molecular weight excluding hydrogens is 559 g/mol. The van der Waals surface area contributed by atoms with Crippen LogP contribution in [0.1, 0.15) is 38.8 Å². The van der Waals surface area contributed by atoms with E-state index in [9.17, 15) is 18.8 Å². The van der Waals surface area contributed by atoms with Crippen LogP contribution in [0.2, 0.25) is 0 Å². The van der Waals surface area contributed by atoms with Gasteiger partial charge in [-0.25, -0.2) is 14.1 Å². The van der Waals surface area contributed by atoms with Crippen LogP contribution in [0.5, 0.6) is 5.75 Å². The van der Waals surface area contributed by atoms with E-state index < -0.39 is 24.0 Å². The van der Waals surface area contributed by atoms with Crippen molar-refractivity contribution in [3.8, 4) is 5.75 Å². The molecule has 1 aromatic heterocycles. The van der Waals surface area contributed by atoms with E-state index in [4.69, 9.17) is 4.74 Å². The maximum absolute atomic E-state index is 14.3. The summed E-state index contributed by atoms with van der Waals surface area (Å²) in [5.74, 6) is -0.424. The van der Waals surface area contributed by atoms with E-state index in [-0.39, 0.29) is 23.0 Å². The number of halogens is 1. The van der Waals surface area contributed by atoms with Gasteiger partial charge >= 0.3 is 6.03 Å². The van der Waals surface area contributed by atoms with Crippen molar-refractivity contribution in [3.05, 3.63) is 131 Å². The van der Waals surface area contributed by atoms with Gasteiger partial charge in [0.15, 0.2) is 0 Å². The van der Waals surface area contributed by atoms with Crippen LogP contribution in [-0.2, 0) is 17.6 Å². The number of urea groups is 1. The third kappa shape index (κ3) is 4.57. The second-order valence-electron chi connectivity index (χ2n) is 11.0. The number of benzene rings is 4. The van der Waals surface area contributed by atoms with Gasteiger partial charge in [-0.15, -0.1) is 0 Å². The van der Waals surface area contributed by atoms with E-state index in [1.807, 2.05) is 48.5 Å². The zero-order valence-corrected chi connectivity index (χ0v) is 23.9. The lowest BCUT2D eigenvalue weighted by Crippen LogP contribution is -2.44. The molecule has 1 fully saturated rings. The maximum atomic E-state index is 14.3. The second-order valence-corrected chi connectivity index (χ2v) is 11.0. The number of nitrogens with one attached hydrogen (secondary N) is 2. The van der Waals surface area contributed by atoms with Crippen molar-refractivity contribution < 1.29 is 23.5 Å². The number of nitrogens with zero attached hydrogens (tertiary/aromatic N) is 2. The number of anilines is 1. The molecule has 0 saturated carbocycles. The number of carbonyl (C=O) groups excluding carboxylic acids is 3. The van der Waals surface area contributed by atoms with Gasteiger partial charge in [-0.05, 0) is 65.6 Å². The maximum Gasteiger partial charge on any atom is 0.332 e. The van der Waals surface area contributed by atoms with E-state index >= 15 is 0 Å². The molecule has 220 valence electrons. The lowest BCUT2D eigenvalue weighted by Gasteiger charge is -2.36. The van der Waals surface area contributed by atoms with Crippen LogP contribution >= 0.6 is 0 Å². The van der Waals surface area contributed by atoms with Crippen molar-refractivity contribution in [2.45, 2.75) is 24.9 Å². The number of ether oxygens (including phenoxy) is 1. The highest BCUT2D eigenvalue weighted by molar-refractivity contribution is 6.24. The van der Waals surface area contributed by atoms with E-state index in [1.165, 1.54) is 12.1 Å². The van der Waals surface area contributed by atoms with Crippen LogP contribution in [0.15, 0.2) is 97.1 Å². The van der Waals surface area contributed by atoms with Crippen molar-refractivity contribution in [2.75, 3.05) is 18.6 Å². The number of aromatic nitrogens is 1. The Kier molecular flexibility index (Phi) is 6.85. The van der Waals surface area contributed by atoms with E-state index in [1.54, 1.807) is 48.4 Å². The lowest BCUT2D eigenvalue weighted by atomic mass is 9.89. The molecule has 9 heteroatoms. The minimum absolute atomic E-state index is 0.220. The number of amides is 4. The Morgan fingerprint density at radius 3 is 2.45 bits per heavy atom. The van der Waals surface area contributed by atoms with Gasteiger partial charge in [0.1, 0.15) is 23.7 Å². The van der Waals surface area contributed by atoms with E-state index in [2.05, 4.69) is 10.3 Å². The molecule has 0 radical (unpaired) electrons. The fourth-order valence-corrected chi connectivity index (χ4v) is 6.36. The Morgan fingerprint density at radius 1 is 0.955 bits per heavy atom. The highest BCUT2D eigenvalue weighted by Gasteiger charge is 2.53. The van der Waals surface area contributed by atoms with Crippen molar-refractivity contribution >= 4 is 34.4 Å². The van der Waals surface area contributed by atoms with Gasteiger partial charge in [-0.3, -0.25) is 14.5 Å². The standard InChI is InChI=1S/C35H29FN4O4/c1-44-24-16-12-22(13-17-24)32-31-27(25-6-2-4-8-28(25)38-31)20-30-34(42)40(35(43)39(30)32)29-9-5-3-7-26(29)33(41)37-19-18-21-10-14-23(36)15-11-21/h2-17,30,32,38H,18-20H2,1H3,(H,37,41). The number of carbonyl (C=O) groups is 3. The molecule has 1 saturated heterocycles. The SMILES string of the molecule is COc1ccc(C2c3[nH]c4ccccc4c3CC3C(=O)N(c4ccccc4C(=O)NCCc4ccc(F)cc4)C(=O)N32)cc1. The highest BCUT2D eigenvalue weighted by Crippen LogP contribution is 2.45. The molecule has 2 N–H and O–H groups in total. The van der Waals surface area contributed by atoms with Crippen LogP contribution in [0.25, 0.3) is 10.9 Å². The first-order valence-corrected chi connectivity index (χ1v) is 14.5. The third-order valence-electron chi connectivity index (χ3n) is 8.48. The molecule has 2 atom stereocenters. The minimum atomic E-state index is -0.754. The molecule has 0 bridgehead atoms. The summed E-state index contributed by atoms with van der Waals surface area (Å²) in [6.45, 7) is 0.302. The van der Waals surface area contributed by atoms with Crippen molar-refractivity contribution in [1.82, 2.24) is 15.2 Å². The number of H-pyrrole nitrogens is 1. The van der Waals surface area contributed by atoms with Gasteiger partial charge in [-0.2, -0.15) is 0 Å². The number of aromatic amines is 1. The Bertz CT molecular complexity index is 1900. The number of rotatable bonds is 7. The first-order valence-electron chi connectivity index (χ1n) is 14.5. The summed E-state index contributed by atoms with van der Waals surface area (Å²) >= 11 is 0. The first kappa shape index (κ1) is 27.4. The topological polar surface area (TPSA) is 94.7 Å². The van der Waals surface area contributed by atoms with Crippen molar-refractivity contribution in [3.63, 3.8) is 0 Å². The zero-order chi connectivity index (χ0) is 30.4. The quantitative estimate of drug-likeness (QED) is 0.236. The number of fused-ring (bicyclic) bond motifs is 4. The van der Waals surface area contributed by atoms with Crippen LogP contribution in [-0.4, -0.2) is 47.4 Å². The van der Waals surface area contributed by atoms with Gasteiger partial charge in [0.2, 0.25) is 0 Å². The fourth-order valence-electron chi connectivity index (χ4n) is 6.36. The Hall–Kier alpha value is -5.44. The molecule has 3 heterocycles. The summed E-state index contributed by atoms with van der Waals surface area (Å²) in [5, 5.41) is 3.90. The van der Waals surface area contributed by atoms with Gasteiger partial charge in [-0.1, -0.05) is 54.6 Å². The van der Waals surface area contributed by atoms with Crippen molar-refractivity contribution in [2.24, 2.45) is 0 Å². The molecule has 7 rings (SSSR count). The predicted molar refractivity (Wildman–Crippen MR) is 164 cm³/mol. The summed E-state index contributed by atoms with van der Waals surface area (Å²) in [4.78, 5) is 48.2. The molecule has 4 amide bonds. The second kappa shape index (κ2) is 11.0. The number of hydrogen-bond donors (Lipinski definition) is 2. The van der Waals surface area contributed by atoms with Crippen LogP contribution in [0, 0.1) is 5.82 Å². The fraction of sp³-hybridized carbons (Fsp3) is 0.171. The Labute approximate surface area is 253 Å². The number of methoxy groups -OCH3 is 1. The summed E-state index contributed by atoms with van der Waals surface area (Å²) in [5.41, 5.74) is 4.97. The minimum Gasteiger partial charge on any atom is -0.497 e. The third-order valence-corrected chi connectivity index (χ3v) is 8.48. The Morgan fingerprint density at radius 2 is 1.68 bits per heavy atom. The van der Waals surface area contributed by atoms with Gasteiger partial charge in [0, 0.05) is 29.6 Å². The molecule has 2 aliphatic rings. The average Bonchev–Trinajstić information content (AvgIpc) is 3.54. The molecule has 0 spiro atoms.